The van der Waals surface area contributed by atoms with Gasteiger partial charge in [0.1, 0.15) is 6.10 Å². The van der Waals surface area contributed by atoms with E-state index in [1.807, 2.05) is 27.7 Å². The summed E-state index contributed by atoms with van der Waals surface area (Å²) >= 11 is 0. The van der Waals surface area contributed by atoms with Gasteiger partial charge in [0.25, 0.3) is 0 Å². The first-order chi connectivity index (χ1) is 10.5. The molecule has 2 rings (SSSR count). The molecule has 1 heterocycles. The topological polar surface area (TPSA) is 87.1 Å². The molecular formula is C17H29NO5. The fraction of sp³-hybridized carbons (Fsp3) is 0.882. The number of nitrogens with zero attached hydrogens (tertiary/aromatic N) is 1. The van der Waals surface area contributed by atoms with Crippen LogP contribution >= 0.6 is 0 Å². The first kappa shape index (κ1) is 18.2. The number of aliphatic carboxylic acids is 1. The van der Waals surface area contributed by atoms with Crippen molar-refractivity contribution in [2.24, 2.45) is 11.8 Å². The van der Waals surface area contributed by atoms with Crippen LogP contribution in [0.5, 0.6) is 0 Å². The van der Waals surface area contributed by atoms with Gasteiger partial charge in [0, 0.05) is 11.1 Å². The van der Waals surface area contributed by atoms with Gasteiger partial charge in [-0.15, -0.1) is 0 Å². The second-order valence-corrected chi connectivity index (χ2v) is 8.29. The summed E-state index contributed by atoms with van der Waals surface area (Å²) in [6.07, 6.45) is 3.31. The van der Waals surface area contributed by atoms with Crippen LogP contribution in [0.2, 0.25) is 0 Å². The molecule has 23 heavy (non-hydrogen) atoms. The number of carbonyl (C=O) groups is 2. The molecule has 1 saturated heterocycles. The molecule has 1 aliphatic carbocycles. The smallest absolute Gasteiger partial charge is 0.309 e. The minimum Gasteiger partial charge on any atom is -0.481 e. The van der Waals surface area contributed by atoms with Gasteiger partial charge in [-0.1, -0.05) is 0 Å². The van der Waals surface area contributed by atoms with Crippen LogP contribution < -0.4 is 0 Å². The number of rotatable bonds is 3. The van der Waals surface area contributed by atoms with E-state index in [-0.39, 0.29) is 23.9 Å². The average Bonchev–Trinajstić information content (AvgIpc) is 2.44. The monoisotopic (exact) mass is 327 g/mol. The van der Waals surface area contributed by atoms with Gasteiger partial charge in [0.05, 0.1) is 11.8 Å². The van der Waals surface area contributed by atoms with Crippen molar-refractivity contribution in [3.63, 3.8) is 0 Å². The predicted octanol–water partition coefficient (Wildman–Crippen LogP) is 2.83. The van der Waals surface area contributed by atoms with Crippen molar-refractivity contribution >= 4 is 11.9 Å². The fourth-order valence-corrected chi connectivity index (χ4v) is 4.13. The summed E-state index contributed by atoms with van der Waals surface area (Å²) in [6, 6.07) is 0. The fourth-order valence-electron chi connectivity index (χ4n) is 4.13. The maximum absolute atomic E-state index is 12.5. The van der Waals surface area contributed by atoms with E-state index in [0.29, 0.717) is 38.5 Å². The third-order valence-electron chi connectivity index (χ3n) is 5.28. The molecule has 0 aromatic rings. The first-order valence-corrected chi connectivity index (χ1v) is 8.45. The van der Waals surface area contributed by atoms with Crippen molar-refractivity contribution in [1.29, 1.82) is 0 Å². The summed E-state index contributed by atoms with van der Waals surface area (Å²) in [7, 11) is 0. The van der Waals surface area contributed by atoms with Gasteiger partial charge in [-0.05, 0) is 66.2 Å². The number of carbonyl (C=O) groups excluding carboxylic acids is 1. The largest absolute Gasteiger partial charge is 0.481 e. The zero-order chi connectivity index (χ0) is 17.4. The normalized spacial score (nSPS) is 31.5. The highest BCUT2D eigenvalue weighted by Gasteiger charge is 2.48. The quantitative estimate of drug-likeness (QED) is 0.775. The molecule has 6 nitrogen and oxygen atoms in total. The molecule has 0 aromatic heterocycles. The lowest BCUT2D eigenvalue weighted by atomic mass is 9.75. The maximum Gasteiger partial charge on any atom is 0.309 e. The summed E-state index contributed by atoms with van der Waals surface area (Å²) in [5, 5.41) is 20.7. The number of carboxylic acids is 1. The van der Waals surface area contributed by atoms with Crippen LogP contribution in [-0.4, -0.2) is 44.5 Å². The molecule has 0 bridgehead atoms. The Hall–Kier alpha value is -1.14. The molecule has 1 saturated carbocycles. The van der Waals surface area contributed by atoms with Crippen molar-refractivity contribution in [2.45, 2.75) is 83.4 Å². The van der Waals surface area contributed by atoms with Gasteiger partial charge in [-0.25, -0.2) is 0 Å². The zero-order valence-electron chi connectivity index (χ0n) is 14.5. The van der Waals surface area contributed by atoms with Gasteiger partial charge < -0.3 is 15.1 Å². The molecule has 2 aliphatic rings. The first-order valence-electron chi connectivity index (χ1n) is 8.45. The van der Waals surface area contributed by atoms with Crippen LogP contribution in [0.1, 0.15) is 66.2 Å². The lowest BCUT2D eigenvalue weighted by Gasteiger charge is -2.50. The molecule has 132 valence electrons. The van der Waals surface area contributed by atoms with E-state index < -0.39 is 17.0 Å². The minimum absolute atomic E-state index is 0.170. The van der Waals surface area contributed by atoms with Crippen molar-refractivity contribution in [3.8, 4) is 0 Å². The standard InChI is InChI=1S/C17H29NO5/c1-16(2)9-12(10-17(3,4)18(16)22)15(21)23-13-7-5-11(6-8-13)14(19)20/h11-13,22H,5-10H2,1-4H3,(H,19,20). The molecule has 0 amide bonds. The molecule has 0 radical (unpaired) electrons. The molecule has 2 fully saturated rings. The number of piperidine rings is 1. The number of carboxylic acid groups (broad SMARTS) is 1. The average molecular weight is 327 g/mol. The lowest BCUT2D eigenvalue weighted by Crippen LogP contribution is -2.60. The molecular weight excluding hydrogens is 298 g/mol. The van der Waals surface area contributed by atoms with E-state index in [1.54, 1.807) is 0 Å². The highest BCUT2D eigenvalue weighted by molar-refractivity contribution is 5.73. The second kappa shape index (κ2) is 6.40. The van der Waals surface area contributed by atoms with Crippen LogP contribution in [0.4, 0.5) is 0 Å². The molecule has 0 aromatic carbocycles. The maximum atomic E-state index is 12.5. The van der Waals surface area contributed by atoms with Crippen LogP contribution in [0, 0.1) is 11.8 Å². The highest BCUT2D eigenvalue weighted by Crippen LogP contribution is 2.40. The molecule has 0 atom stereocenters. The molecule has 6 heteroatoms. The Kier molecular flexibility index (Phi) is 5.06. The lowest BCUT2D eigenvalue weighted by molar-refractivity contribution is -0.252. The Balaban J connectivity index is 1.93. The number of hydrogen-bond acceptors (Lipinski definition) is 5. The van der Waals surface area contributed by atoms with Crippen LogP contribution in [0.25, 0.3) is 0 Å². The summed E-state index contributed by atoms with van der Waals surface area (Å²) < 4.78 is 5.65. The number of ether oxygens (including phenoxy) is 1. The van der Waals surface area contributed by atoms with Gasteiger partial charge in [-0.2, -0.15) is 5.06 Å². The van der Waals surface area contributed by atoms with Gasteiger partial charge in [-0.3, -0.25) is 9.59 Å². The SMILES string of the molecule is CC1(C)CC(C(=O)OC2CCC(C(=O)O)CC2)CC(C)(C)N1O. The Labute approximate surface area is 137 Å². The molecule has 0 unspecified atom stereocenters. The Bertz CT molecular complexity index is 448. The van der Waals surface area contributed by atoms with Gasteiger partial charge >= 0.3 is 11.9 Å². The molecule has 2 N–H and O–H groups in total. The van der Waals surface area contributed by atoms with Crippen LogP contribution in [-0.2, 0) is 14.3 Å². The number of hydroxylamine groups is 2. The summed E-state index contributed by atoms with van der Waals surface area (Å²) in [6.45, 7) is 7.69. The number of esters is 1. The third kappa shape index (κ3) is 4.04. The van der Waals surface area contributed by atoms with Crippen molar-refractivity contribution in [2.75, 3.05) is 0 Å². The van der Waals surface area contributed by atoms with Crippen LogP contribution in [0.15, 0.2) is 0 Å². The Morgan fingerprint density at radius 2 is 1.43 bits per heavy atom. The van der Waals surface area contributed by atoms with E-state index in [1.165, 1.54) is 5.06 Å². The Morgan fingerprint density at radius 1 is 0.957 bits per heavy atom. The molecule has 0 spiro atoms. The summed E-state index contributed by atoms with van der Waals surface area (Å²) in [5.74, 6) is -1.51. The van der Waals surface area contributed by atoms with Crippen molar-refractivity contribution in [3.05, 3.63) is 0 Å². The number of hydrogen-bond donors (Lipinski definition) is 2. The molecule has 1 aliphatic heterocycles. The van der Waals surface area contributed by atoms with E-state index in [2.05, 4.69) is 0 Å². The zero-order valence-corrected chi connectivity index (χ0v) is 14.5. The van der Waals surface area contributed by atoms with Crippen molar-refractivity contribution in [1.82, 2.24) is 5.06 Å². The van der Waals surface area contributed by atoms with E-state index in [0.717, 1.165) is 0 Å². The van der Waals surface area contributed by atoms with Crippen LogP contribution in [0.3, 0.4) is 0 Å². The summed E-state index contributed by atoms with van der Waals surface area (Å²) in [4.78, 5) is 23.5. The van der Waals surface area contributed by atoms with Crippen molar-refractivity contribution < 1.29 is 24.6 Å². The summed E-state index contributed by atoms with van der Waals surface area (Å²) in [5.41, 5.74) is -0.960. The minimum atomic E-state index is -0.756. The van der Waals surface area contributed by atoms with Gasteiger partial charge in [0.15, 0.2) is 0 Å². The second-order valence-electron chi connectivity index (χ2n) is 8.29. The Morgan fingerprint density at radius 3 is 1.87 bits per heavy atom. The highest BCUT2D eigenvalue weighted by atomic mass is 16.5. The van der Waals surface area contributed by atoms with E-state index in [9.17, 15) is 14.8 Å². The third-order valence-corrected chi connectivity index (χ3v) is 5.28. The van der Waals surface area contributed by atoms with Gasteiger partial charge in [0.2, 0.25) is 0 Å². The predicted molar refractivity (Wildman–Crippen MR) is 84.0 cm³/mol. The van der Waals surface area contributed by atoms with E-state index in [4.69, 9.17) is 9.84 Å². The van der Waals surface area contributed by atoms with E-state index >= 15 is 0 Å².